The molecular weight excluding hydrogens is 216 g/mol. The zero-order valence-electron chi connectivity index (χ0n) is 11.3. The molecule has 0 radical (unpaired) electrons. The van der Waals surface area contributed by atoms with E-state index < -0.39 is 0 Å². The smallest absolute Gasteiger partial charge is 0.0131 e. The lowest BCUT2D eigenvalue weighted by Gasteiger charge is -2.48. The van der Waals surface area contributed by atoms with Gasteiger partial charge in [-0.15, -0.1) is 0 Å². The molecule has 0 heteroatoms. The van der Waals surface area contributed by atoms with E-state index in [1.807, 2.05) is 5.57 Å². The Morgan fingerprint density at radius 3 is 2.83 bits per heavy atom. The minimum Gasteiger partial charge on any atom is -0.0847 e. The van der Waals surface area contributed by atoms with Gasteiger partial charge in [0.25, 0.3) is 0 Å². The van der Waals surface area contributed by atoms with Gasteiger partial charge in [0.15, 0.2) is 0 Å². The first-order valence-corrected chi connectivity index (χ1v) is 7.98. The van der Waals surface area contributed by atoms with E-state index in [0.29, 0.717) is 0 Å². The van der Waals surface area contributed by atoms with E-state index in [9.17, 15) is 0 Å². The molecule has 0 heterocycles. The van der Waals surface area contributed by atoms with Crippen LogP contribution in [0.25, 0.3) is 0 Å². The summed E-state index contributed by atoms with van der Waals surface area (Å²) in [6.07, 6.45) is 21.2. The third-order valence-electron chi connectivity index (χ3n) is 6.02. The van der Waals surface area contributed by atoms with Gasteiger partial charge in [0, 0.05) is 0 Å². The second-order valence-corrected chi connectivity index (χ2v) is 6.75. The molecule has 2 saturated carbocycles. The summed E-state index contributed by atoms with van der Waals surface area (Å²) in [5.41, 5.74) is 3.62. The van der Waals surface area contributed by atoms with Gasteiger partial charge in [-0.2, -0.15) is 0 Å². The fourth-order valence-electron chi connectivity index (χ4n) is 5.19. The molecule has 0 aromatic heterocycles. The largest absolute Gasteiger partial charge is 0.0847 e. The first-order chi connectivity index (χ1) is 8.93. The van der Waals surface area contributed by atoms with Crippen molar-refractivity contribution < 1.29 is 0 Å². The van der Waals surface area contributed by atoms with Crippen LogP contribution in [0, 0.1) is 23.7 Å². The molecule has 0 aromatic carbocycles. The molecule has 4 unspecified atom stereocenters. The van der Waals surface area contributed by atoms with Crippen LogP contribution in [-0.2, 0) is 0 Å². The number of hydrogen-bond donors (Lipinski definition) is 0. The third-order valence-corrected chi connectivity index (χ3v) is 6.02. The van der Waals surface area contributed by atoms with Gasteiger partial charge in [-0.3, -0.25) is 0 Å². The normalized spacial score (nSPS) is 42.2. The van der Waals surface area contributed by atoms with Crippen LogP contribution in [0.3, 0.4) is 0 Å². The summed E-state index contributed by atoms with van der Waals surface area (Å²) < 4.78 is 0. The summed E-state index contributed by atoms with van der Waals surface area (Å²) in [5, 5.41) is 0. The Balaban J connectivity index is 1.64. The molecular formula is C18H24. The quantitative estimate of drug-likeness (QED) is 0.521. The summed E-state index contributed by atoms with van der Waals surface area (Å²) in [5.74, 6) is 3.87. The van der Waals surface area contributed by atoms with Gasteiger partial charge in [-0.05, 0) is 68.6 Å². The topological polar surface area (TPSA) is 0 Å². The minimum absolute atomic E-state index is 0.897. The number of hydrogen-bond acceptors (Lipinski definition) is 0. The van der Waals surface area contributed by atoms with Crippen molar-refractivity contribution in [3.8, 4) is 0 Å². The Kier molecular flexibility index (Phi) is 2.71. The minimum atomic E-state index is 0.897. The molecule has 0 bridgehead atoms. The molecule has 0 spiro atoms. The van der Waals surface area contributed by atoms with E-state index in [-0.39, 0.29) is 0 Å². The van der Waals surface area contributed by atoms with Crippen LogP contribution in [0.2, 0.25) is 0 Å². The highest BCUT2D eigenvalue weighted by molar-refractivity contribution is 5.27. The Bertz CT molecular complexity index is 423. The summed E-state index contributed by atoms with van der Waals surface area (Å²) in [6, 6.07) is 0. The maximum absolute atomic E-state index is 2.65. The standard InChI is InChI=1S/C18H24/c1-3-7-15-13(5-1)9-11-18-16-8-4-2-6-14(16)10-12-17(15)18/h1,3,5,10,15-18H,2,4,6-9,11-12H2. The summed E-state index contributed by atoms with van der Waals surface area (Å²) >= 11 is 0. The fourth-order valence-corrected chi connectivity index (χ4v) is 5.19. The van der Waals surface area contributed by atoms with E-state index >= 15 is 0 Å². The first-order valence-electron chi connectivity index (χ1n) is 7.98. The lowest BCUT2D eigenvalue weighted by molar-refractivity contribution is 0.125. The second kappa shape index (κ2) is 4.40. The van der Waals surface area contributed by atoms with Gasteiger partial charge < -0.3 is 0 Å². The zero-order chi connectivity index (χ0) is 11.9. The van der Waals surface area contributed by atoms with Crippen LogP contribution in [0.1, 0.15) is 51.4 Å². The molecule has 4 aliphatic carbocycles. The third kappa shape index (κ3) is 1.65. The second-order valence-electron chi connectivity index (χ2n) is 6.75. The molecule has 4 atom stereocenters. The van der Waals surface area contributed by atoms with E-state index in [1.54, 1.807) is 5.57 Å². The van der Waals surface area contributed by atoms with E-state index in [1.165, 1.54) is 51.4 Å². The molecule has 4 aliphatic rings. The van der Waals surface area contributed by atoms with Gasteiger partial charge in [-0.1, -0.05) is 41.9 Å². The number of fused-ring (bicyclic) bond motifs is 5. The van der Waals surface area contributed by atoms with Crippen LogP contribution in [-0.4, -0.2) is 0 Å². The lowest BCUT2D eigenvalue weighted by Crippen LogP contribution is -2.38. The van der Waals surface area contributed by atoms with Crippen molar-refractivity contribution in [2.45, 2.75) is 51.4 Å². The van der Waals surface area contributed by atoms with Crippen molar-refractivity contribution in [2.24, 2.45) is 23.7 Å². The van der Waals surface area contributed by atoms with Gasteiger partial charge >= 0.3 is 0 Å². The summed E-state index contributed by atoms with van der Waals surface area (Å²) in [6.45, 7) is 0. The lowest BCUT2D eigenvalue weighted by atomic mass is 9.57. The highest BCUT2D eigenvalue weighted by atomic mass is 14.5. The van der Waals surface area contributed by atoms with E-state index in [0.717, 1.165) is 23.7 Å². The molecule has 96 valence electrons. The van der Waals surface area contributed by atoms with Gasteiger partial charge in [0.2, 0.25) is 0 Å². The Morgan fingerprint density at radius 2 is 1.83 bits per heavy atom. The Hall–Kier alpha value is -0.780. The molecule has 0 saturated heterocycles. The molecule has 18 heavy (non-hydrogen) atoms. The predicted molar refractivity (Wildman–Crippen MR) is 76.2 cm³/mol. The molecule has 0 aliphatic heterocycles. The van der Waals surface area contributed by atoms with E-state index in [2.05, 4.69) is 24.3 Å². The van der Waals surface area contributed by atoms with Crippen LogP contribution >= 0.6 is 0 Å². The van der Waals surface area contributed by atoms with Crippen molar-refractivity contribution in [1.29, 1.82) is 0 Å². The van der Waals surface area contributed by atoms with Gasteiger partial charge in [0.1, 0.15) is 0 Å². The van der Waals surface area contributed by atoms with Gasteiger partial charge in [-0.25, -0.2) is 0 Å². The first kappa shape index (κ1) is 11.1. The van der Waals surface area contributed by atoms with Crippen molar-refractivity contribution in [2.75, 3.05) is 0 Å². The van der Waals surface area contributed by atoms with Crippen molar-refractivity contribution >= 4 is 0 Å². The maximum Gasteiger partial charge on any atom is -0.0131 e. The molecule has 0 nitrogen and oxygen atoms in total. The van der Waals surface area contributed by atoms with Crippen molar-refractivity contribution in [3.63, 3.8) is 0 Å². The molecule has 0 N–H and O–H groups in total. The van der Waals surface area contributed by atoms with Crippen LogP contribution in [0.15, 0.2) is 35.5 Å². The highest BCUT2D eigenvalue weighted by Gasteiger charge is 2.42. The molecule has 4 rings (SSSR count). The average Bonchev–Trinajstić information content (AvgIpc) is 2.46. The Morgan fingerprint density at radius 1 is 0.833 bits per heavy atom. The van der Waals surface area contributed by atoms with Crippen molar-refractivity contribution in [1.82, 2.24) is 0 Å². The molecule has 2 fully saturated rings. The monoisotopic (exact) mass is 240 g/mol. The van der Waals surface area contributed by atoms with Crippen LogP contribution < -0.4 is 0 Å². The Labute approximate surface area is 111 Å². The van der Waals surface area contributed by atoms with E-state index in [4.69, 9.17) is 0 Å². The predicted octanol–water partition coefficient (Wildman–Crippen LogP) is 5.04. The van der Waals surface area contributed by atoms with Crippen LogP contribution in [0.4, 0.5) is 0 Å². The SMILES string of the molecule is C1=CCC2C(=C1)CCC1C3CCCCC3=CCC21. The fraction of sp³-hybridized carbons (Fsp3) is 0.667. The van der Waals surface area contributed by atoms with Gasteiger partial charge in [0.05, 0.1) is 0 Å². The van der Waals surface area contributed by atoms with Crippen molar-refractivity contribution in [3.05, 3.63) is 35.5 Å². The number of allylic oxidation sites excluding steroid dienone is 6. The average molecular weight is 240 g/mol. The number of rotatable bonds is 0. The highest BCUT2D eigenvalue weighted by Crippen LogP contribution is 2.53. The van der Waals surface area contributed by atoms with Crippen LogP contribution in [0.5, 0.6) is 0 Å². The molecule has 0 aromatic rings. The summed E-state index contributed by atoms with van der Waals surface area (Å²) in [7, 11) is 0. The zero-order valence-corrected chi connectivity index (χ0v) is 11.3. The maximum atomic E-state index is 2.65. The summed E-state index contributed by atoms with van der Waals surface area (Å²) in [4.78, 5) is 0. The molecule has 0 amide bonds.